The van der Waals surface area contributed by atoms with Crippen molar-refractivity contribution in [1.82, 2.24) is 6.15 Å². The van der Waals surface area contributed by atoms with Gasteiger partial charge < -0.3 is 6.15 Å². The van der Waals surface area contributed by atoms with Gasteiger partial charge in [0, 0.05) is 6.54 Å². The van der Waals surface area contributed by atoms with Gasteiger partial charge in [0.1, 0.15) is 0 Å². The lowest BCUT2D eigenvalue weighted by Gasteiger charge is -1.67. The highest BCUT2D eigenvalue weighted by molar-refractivity contribution is 5.85. The highest BCUT2D eigenvalue weighted by atomic mass is 35.5. The second kappa shape index (κ2) is 5.92. The summed E-state index contributed by atoms with van der Waals surface area (Å²) in [5, 5.41) is 0. The fourth-order valence-electron chi connectivity index (χ4n) is 0.456. The Hall–Kier alpha value is -0.0800. The molecule has 0 aliphatic carbocycles. The van der Waals surface area contributed by atoms with Crippen LogP contribution < -0.4 is 6.15 Å². The predicted octanol–water partition coefficient (Wildman–Crippen LogP) is 1.43. The second-order valence-electron chi connectivity index (χ2n) is 1.23. The molecule has 1 aliphatic heterocycles. The Morgan fingerprint density at radius 1 is 1.43 bits per heavy atom. The summed E-state index contributed by atoms with van der Waals surface area (Å²) >= 11 is 0. The molecule has 0 saturated heterocycles. The van der Waals surface area contributed by atoms with Crippen molar-refractivity contribution in [3.63, 3.8) is 0 Å². The molecule has 1 rings (SSSR count). The summed E-state index contributed by atoms with van der Waals surface area (Å²) in [6.45, 7) is 1.07. The van der Waals surface area contributed by atoms with E-state index >= 15 is 0 Å². The summed E-state index contributed by atoms with van der Waals surface area (Å²) in [6.07, 6.45) is 4.47. The van der Waals surface area contributed by atoms with E-state index in [1.807, 2.05) is 6.21 Å². The van der Waals surface area contributed by atoms with Gasteiger partial charge in [-0.3, -0.25) is 4.99 Å². The minimum absolute atomic E-state index is 0. The van der Waals surface area contributed by atoms with E-state index in [0.29, 0.717) is 0 Å². The molecule has 0 fully saturated rings. The lowest BCUT2D eigenvalue weighted by Crippen LogP contribution is -1.62. The van der Waals surface area contributed by atoms with Crippen LogP contribution in [0.1, 0.15) is 12.8 Å². The Morgan fingerprint density at radius 2 is 2.14 bits per heavy atom. The average molecular weight is 123 g/mol. The Kier molecular flexibility index (Phi) is 8.47. The van der Waals surface area contributed by atoms with Crippen molar-refractivity contribution in [2.24, 2.45) is 4.99 Å². The summed E-state index contributed by atoms with van der Waals surface area (Å²) in [4.78, 5) is 3.96. The Bertz CT molecular complexity index is 47.7. The highest BCUT2D eigenvalue weighted by Gasteiger charge is 1.85. The van der Waals surface area contributed by atoms with Crippen molar-refractivity contribution >= 4 is 18.6 Å². The van der Waals surface area contributed by atoms with E-state index < -0.39 is 0 Å². The summed E-state index contributed by atoms with van der Waals surface area (Å²) in [6, 6.07) is 0. The maximum Gasteiger partial charge on any atom is 0.0388 e. The van der Waals surface area contributed by atoms with Crippen LogP contribution in [0.5, 0.6) is 0 Å². The van der Waals surface area contributed by atoms with Gasteiger partial charge in [-0.05, 0) is 19.1 Å². The van der Waals surface area contributed by atoms with E-state index in [-0.39, 0.29) is 18.6 Å². The molecule has 0 radical (unpaired) electrons. The number of hydrogen-bond donors (Lipinski definition) is 1. The number of nitrogens with zero attached hydrogens (tertiary/aromatic N) is 1. The molecule has 44 valence electrons. The molecular formula is C4H11ClN2. The molecule has 7 heavy (non-hydrogen) atoms. The molecule has 0 bridgehead atoms. The molecule has 0 atom stereocenters. The average Bonchev–Trinajstić information content (AvgIpc) is 1.76. The van der Waals surface area contributed by atoms with Gasteiger partial charge in [-0.25, -0.2) is 0 Å². The van der Waals surface area contributed by atoms with Crippen molar-refractivity contribution in [3.8, 4) is 0 Å². The fourth-order valence-corrected chi connectivity index (χ4v) is 0.456. The quantitative estimate of drug-likeness (QED) is 0.519. The van der Waals surface area contributed by atoms with Gasteiger partial charge in [-0.2, -0.15) is 0 Å². The van der Waals surface area contributed by atoms with Crippen molar-refractivity contribution in [3.05, 3.63) is 0 Å². The first-order chi connectivity index (χ1) is 2.50. The molecule has 0 amide bonds. The summed E-state index contributed by atoms with van der Waals surface area (Å²) in [7, 11) is 0. The molecule has 3 N–H and O–H groups in total. The summed E-state index contributed by atoms with van der Waals surface area (Å²) in [5.41, 5.74) is 0. The first-order valence-electron chi connectivity index (χ1n) is 1.98. The minimum atomic E-state index is 0. The maximum absolute atomic E-state index is 3.96. The first-order valence-corrected chi connectivity index (χ1v) is 1.98. The van der Waals surface area contributed by atoms with Crippen LogP contribution in [-0.2, 0) is 0 Å². The van der Waals surface area contributed by atoms with Crippen LogP contribution in [0.2, 0.25) is 0 Å². The smallest absolute Gasteiger partial charge is 0.0388 e. The van der Waals surface area contributed by atoms with E-state index in [4.69, 9.17) is 0 Å². The van der Waals surface area contributed by atoms with Gasteiger partial charge in [-0.15, -0.1) is 12.4 Å². The normalized spacial score (nSPS) is 14.9. The molecule has 0 unspecified atom stereocenters. The van der Waals surface area contributed by atoms with Crippen LogP contribution in [0.4, 0.5) is 0 Å². The zero-order valence-corrected chi connectivity index (χ0v) is 5.08. The molecule has 1 heterocycles. The van der Waals surface area contributed by atoms with Crippen molar-refractivity contribution in [1.29, 1.82) is 0 Å². The van der Waals surface area contributed by atoms with E-state index in [1.54, 1.807) is 0 Å². The van der Waals surface area contributed by atoms with Crippen LogP contribution in [0, 0.1) is 0 Å². The molecule has 2 nitrogen and oxygen atoms in total. The third kappa shape index (κ3) is 3.76. The standard InChI is InChI=1S/C4H7N.ClH.H3N/c1-2-4-5-3-1;;/h3H,1-2,4H2;1H;1H3. The van der Waals surface area contributed by atoms with Gasteiger partial charge in [0.05, 0.1) is 0 Å². The molecule has 1 aliphatic rings. The third-order valence-electron chi connectivity index (χ3n) is 0.750. The predicted molar refractivity (Wildman–Crippen MR) is 34.9 cm³/mol. The molecular weight excluding hydrogens is 112 g/mol. The monoisotopic (exact) mass is 122 g/mol. The largest absolute Gasteiger partial charge is 0.344 e. The molecule has 0 spiro atoms. The number of halogens is 1. The summed E-state index contributed by atoms with van der Waals surface area (Å²) in [5.74, 6) is 0. The van der Waals surface area contributed by atoms with Crippen LogP contribution >= 0.6 is 12.4 Å². The van der Waals surface area contributed by atoms with E-state index in [0.717, 1.165) is 6.54 Å². The SMILES string of the molecule is C1=NCCC1.Cl.N. The van der Waals surface area contributed by atoms with E-state index in [2.05, 4.69) is 4.99 Å². The molecule has 0 saturated carbocycles. The van der Waals surface area contributed by atoms with E-state index in [1.165, 1.54) is 12.8 Å². The van der Waals surface area contributed by atoms with Crippen LogP contribution in [-0.4, -0.2) is 12.8 Å². The minimum Gasteiger partial charge on any atom is -0.344 e. The van der Waals surface area contributed by atoms with E-state index in [9.17, 15) is 0 Å². The number of hydrogen-bond acceptors (Lipinski definition) is 2. The lowest BCUT2D eigenvalue weighted by molar-refractivity contribution is 0.952. The Labute approximate surface area is 50.0 Å². The Morgan fingerprint density at radius 3 is 2.29 bits per heavy atom. The molecule has 0 aromatic rings. The molecule has 3 heteroatoms. The topological polar surface area (TPSA) is 47.4 Å². The van der Waals surface area contributed by atoms with Gasteiger partial charge in [0.25, 0.3) is 0 Å². The van der Waals surface area contributed by atoms with Crippen LogP contribution in [0.25, 0.3) is 0 Å². The van der Waals surface area contributed by atoms with Crippen molar-refractivity contribution in [2.75, 3.05) is 6.54 Å². The maximum atomic E-state index is 3.96. The molecule has 0 aromatic carbocycles. The first kappa shape index (κ1) is 10.0. The van der Waals surface area contributed by atoms with Crippen molar-refractivity contribution < 1.29 is 0 Å². The van der Waals surface area contributed by atoms with Gasteiger partial charge in [0.15, 0.2) is 0 Å². The Balaban J connectivity index is 0. The highest BCUT2D eigenvalue weighted by Crippen LogP contribution is 1.92. The number of rotatable bonds is 0. The van der Waals surface area contributed by atoms with Gasteiger partial charge in [-0.1, -0.05) is 0 Å². The summed E-state index contributed by atoms with van der Waals surface area (Å²) < 4.78 is 0. The van der Waals surface area contributed by atoms with Gasteiger partial charge in [0.2, 0.25) is 0 Å². The lowest BCUT2D eigenvalue weighted by atomic mass is 10.4. The number of aliphatic imine (C=N–C) groups is 1. The van der Waals surface area contributed by atoms with Crippen LogP contribution in [0.3, 0.4) is 0 Å². The van der Waals surface area contributed by atoms with Gasteiger partial charge >= 0.3 is 0 Å². The van der Waals surface area contributed by atoms with Crippen molar-refractivity contribution in [2.45, 2.75) is 12.8 Å². The van der Waals surface area contributed by atoms with Crippen LogP contribution in [0.15, 0.2) is 4.99 Å². The molecule has 0 aromatic heterocycles. The third-order valence-corrected chi connectivity index (χ3v) is 0.750. The zero-order chi connectivity index (χ0) is 3.54. The second-order valence-corrected chi connectivity index (χ2v) is 1.23. The zero-order valence-electron chi connectivity index (χ0n) is 4.26. The fraction of sp³-hybridized carbons (Fsp3) is 0.750.